The second-order valence-electron chi connectivity index (χ2n) is 9.38. The van der Waals surface area contributed by atoms with Gasteiger partial charge in [-0.2, -0.15) is 0 Å². The molecule has 0 aliphatic rings. The first kappa shape index (κ1) is 23.3. The Balaban J connectivity index is 1.81. The van der Waals surface area contributed by atoms with Gasteiger partial charge in [0.05, 0.1) is 18.1 Å². The summed E-state index contributed by atoms with van der Waals surface area (Å²) in [6, 6.07) is 20.7. The molecular formula is C29H28O5. The molecule has 1 aromatic heterocycles. The Labute approximate surface area is 199 Å². The fourth-order valence-electron chi connectivity index (χ4n) is 3.82. The zero-order valence-electron chi connectivity index (χ0n) is 20.1. The first-order valence-electron chi connectivity index (χ1n) is 11.2. The number of esters is 1. The minimum atomic E-state index is -0.584. The summed E-state index contributed by atoms with van der Waals surface area (Å²) in [6.45, 7) is 7.43. The highest BCUT2D eigenvalue weighted by Gasteiger charge is 2.24. The fourth-order valence-corrected chi connectivity index (χ4v) is 3.82. The molecule has 0 bridgehead atoms. The minimum Gasteiger partial charge on any atom is -0.497 e. The highest BCUT2D eigenvalue weighted by atomic mass is 16.5. The Morgan fingerprint density at radius 1 is 0.941 bits per heavy atom. The van der Waals surface area contributed by atoms with Crippen molar-refractivity contribution in [1.82, 2.24) is 0 Å². The van der Waals surface area contributed by atoms with Gasteiger partial charge in [0.1, 0.15) is 17.1 Å². The second kappa shape index (κ2) is 9.18. The molecule has 0 radical (unpaired) electrons. The summed E-state index contributed by atoms with van der Waals surface area (Å²) in [5.74, 6) is 0.822. The number of rotatable bonds is 5. The summed E-state index contributed by atoms with van der Waals surface area (Å²) >= 11 is 0. The monoisotopic (exact) mass is 456 g/mol. The van der Waals surface area contributed by atoms with Gasteiger partial charge in [0.15, 0.2) is 0 Å². The summed E-state index contributed by atoms with van der Waals surface area (Å²) in [7, 11) is 1.58. The van der Waals surface area contributed by atoms with Gasteiger partial charge in [-0.3, -0.25) is 4.79 Å². The van der Waals surface area contributed by atoms with E-state index in [1.807, 2.05) is 76.2 Å². The van der Waals surface area contributed by atoms with E-state index in [-0.39, 0.29) is 11.6 Å². The second-order valence-corrected chi connectivity index (χ2v) is 9.38. The molecular weight excluding hydrogens is 428 g/mol. The lowest BCUT2D eigenvalue weighted by atomic mass is 9.91. The third kappa shape index (κ3) is 4.74. The Hall–Kier alpha value is -3.86. The number of carbonyl (C=O) groups excluding carboxylic acids is 1. The smallest absolute Gasteiger partial charge is 0.344 e. The summed E-state index contributed by atoms with van der Waals surface area (Å²) in [4.78, 5) is 25.4. The van der Waals surface area contributed by atoms with Crippen molar-refractivity contribution in [2.24, 2.45) is 5.41 Å². The standard InChI is InChI=1S/C29H28O5/c1-18-8-6-7-9-22(18)26-24(23-15-14-21(32-5)17-25(23)34-27(26)30)16-19-10-12-20(13-11-19)33-28(31)29(2,3)4/h6-15,17H,16H2,1-5H3. The van der Waals surface area contributed by atoms with E-state index in [0.717, 1.165) is 27.6 Å². The number of methoxy groups -OCH3 is 1. The molecule has 0 spiro atoms. The average Bonchev–Trinajstić information content (AvgIpc) is 2.80. The minimum absolute atomic E-state index is 0.289. The summed E-state index contributed by atoms with van der Waals surface area (Å²) in [6.07, 6.45) is 0.506. The fraction of sp³-hybridized carbons (Fsp3) is 0.241. The molecule has 0 atom stereocenters. The highest BCUT2D eigenvalue weighted by molar-refractivity contribution is 5.89. The van der Waals surface area contributed by atoms with Crippen LogP contribution < -0.4 is 15.1 Å². The molecule has 0 unspecified atom stereocenters. The molecule has 0 amide bonds. The van der Waals surface area contributed by atoms with E-state index in [9.17, 15) is 9.59 Å². The van der Waals surface area contributed by atoms with Crippen LogP contribution in [0, 0.1) is 12.3 Å². The van der Waals surface area contributed by atoms with Crippen LogP contribution in [0.5, 0.6) is 11.5 Å². The van der Waals surface area contributed by atoms with Crippen LogP contribution in [-0.4, -0.2) is 13.1 Å². The van der Waals surface area contributed by atoms with Gasteiger partial charge in [-0.25, -0.2) is 4.79 Å². The largest absolute Gasteiger partial charge is 0.497 e. The van der Waals surface area contributed by atoms with E-state index in [2.05, 4.69) is 0 Å². The van der Waals surface area contributed by atoms with Crippen molar-refractivity contribution in [3.05, 3.63) is 93.8 Å². The number of aryl methyl sites for hydroxylation is 1. The van der Waals surface area contributed by atoms with Gasteiger partial charge in [-0.1, -0.05) is 36.4 Å². The topological polar surface area (TPSA) is 65.7 Å². The van der Waals surface area contributed by atoms with Crippen molar-refractivity contribution >= 4 is 16.9 Å². The molecule has 34 heavy (non-hydrogen) atoms. The molecule has 0 aliphatic carbocycles. The maximum atomic E-state index is 13.2. The number of carbonyl (C=O) groups is 1. The van der Waals surface area contributed by atoms with Crippen LogP contribution in [0.2, 0.25) is 0 Å². The third-order valence-electron chi connectivity index (χ3n) is 5.76. The molecule has 0 saturated carbocycles. The Morgan fingerprint density at radius 2 is 1.62 bits per heavy atom. The van der Waals surface area contributed by atoms with E-state index >= 15 is 0 Å². The van der Waals surface area contributed by atoms with Crippen LogP contribution in [0.4, 0.5) is 0 Å². The lowest BCUT2D eigenvalue weighted by Gasteiger charge is -2.17. The normalized spacial score (nSPS) is 11.4. The predicted octanol–water partition coefficient (Wildman–Crippen LogP) is 6.32. The molecule has 1 heterocycles. The Kier molecular flexibility index (Phi) is 6.29. The van der Waals surface area contributed by atoms with E-state index < -0.39 is 5.41 Å². The molecule has 3 aromatic carbocycles. The lowest BCUT2D eigenvalue weighted by molar-refractivity contribution is -0.143. The van der Waals surface area contributed by atoms with Gasteiger partial charge < -0.3 is 13.9 Å². The zero-order chi connectivity index (χ0) is 24.5. The quantitative estimate of drug-likeness (QED) is 0.200. The van der Waals surface area contributed by atoms with E-state index in [1.165, 1.54) is 0 Å². The number of ether oxygens (including phenoxy) is 2. The lowest BCUT2D eigenvalue weighted by Crippen LogP contribution is -2.25. The van der Waals surface area contributed by atoms with Crippen molar-refractivity contribution in [3.8, 4) is 22.6 Å². The molecule has 4 rings (SSSR count). The molecule has 0 aliphatic heterocycles. The van der Waals surface area contributed by atoms with Crippen LogP contribution in [0.25, 0.3) is 22.1 Å². The Morgan fingerprint density at radius 3 is 2.26 bits per heavy atom. The van der Waals surface area contributed by atoms with E-state index in [0.29, 0.717) is 29.1 Å². The van der Waals surface area contributed by atoms with Gasteiger partial charge in [0.25, 0.3) is 0 Å². The van der Waals surface area contributed by atoms with Gasteiger partial charge >= 0.3 is 11.6 Å². The average molecular weight is 457 g/mol. The maximum absolute atomic E-state index is 13.2. The van der Waals surface area contributed by atoms with Crippen LogP contribution in [0.1, 0.15) is 37.5 Å². The van der Waals surface area contributed by atoms with Crippen molar-refractivity contribution < 1.29 is 18.7 Å². The van der Waals surface area contributed by atoms with Crippen molar-refractivity contribution in [2.75, 3.05) is 7.11 Å². The third-order valence-corrected chi connectivity index (χ3v) is 5.76. The van der Waals surface area contributed by atoms with E-state index in [4.69, 9.17) is 13.9 Å². The van der Waals surface area contributed by atoms with Crippen molar-refractivity contribution in [1.29, 1.82) is 0 Å². The molecule has 0 N–H and O–H groups in total. The SMILES string of the molecule is COc1ccc2c(Cc3ccc(OC(=O)C(C)(C)C)cc3)c(-c3ccccc3C)c(=O)oc2c1. The first-order chi connectivity index (χ1) is 16.2. The summed E-state index contributed by atoms with van der Waals surface area (Å²) in [5, 5.41) is 0.849. The molecule has 5 nitrogen and oxygen atoms in total. The summed E-state index contributed by atoms with van der Waals surface area (Å²) in [5.41, 5.74) is 3.76. The van der Waals surface area contributed by atoms with Crippen LogP contribution in [-0.2, 0) is 11.2 Å². The Bertz CT molecular complexity index is 1410. The zero-order valence-corrected chi connectivity index (χ0v) is 20.1. The van der Waals surface area contributed by atoms with Gasteiger partial charge in [0, 0.05) is 11.5 Å². The highest BCUT2D eigenvalue weighted by Crippen LogP contribution is 2.33. The van der Waals surface area contributed by atoms with Crippen LogP contribution >= 0.6 is 0 Å². The van der Waals surface area contributed by atoms with Crippen molar-refractivity contribution in [2.45, 2.75) is 34.1 Å². The number of fused-ring (bicyclic) bond motifs is 1. The maximum Gasteiger partial charge on any atom is 0.344 e. The number of benzene rings is 3. The van der Waals surface area contributed by atoms with Crippen LogP contribution in [0.15, 0.2) is 75.9 Å². The van der Waals surface area contributed by atoms with E-state index in [1.54, 1.807) is 25.3 Å². The molecule has 5 heteroatoms. The molecule has 0 saturated heterocycles. The summed E-state index contributed by atoms with van der Waals surface area (Å²) < 4.78 is 16.5. The van der Waals surface area contributed by atoms with Gasteiger partial charge in [0.2, 0.25) is 0 Å². The first-order valence-corrected chi connectivity index (χ1v) is 11.2. The number of hydrogen-bond donors (Lipinski definition) is 0. The molecule has 174 valence electrons. The van der Waals surface area contributed by atoms with Crippen molar-refractivity contribution in [3.63, 3.8) is 0 Å². The number of hydrogen-bond acceptors (Lipinski definition) is 5. The molecule has 4 aromatic rings. The van der Waals surface area contributed by atoms with Gasteiger partial charge in [-0.05, 0) is 80.6 Å². The van der Waals surface area contributed by atoms with Gasteiger partial charge in [-0.15, -0.1) is 0 Å². The van der Waals surface area contributed by atoms with Crippen LogP contribution in [0.3, 0.4) is 0 Å². The predicted molar refractivity (Wildman–Crippen MR) is 134 cm³/mol. The molecule has 0 fully saturated rings.